The summed E-state index contributed by atoms with van der Waals surface area (Å²) >= 11 is 12.1. The molecular weight excluding hydrogens is 421 g/mol. The molecular formula is C21H20Cl2F2N2O2. The van der Waals surface area contributed by atoms with Crippen LogP contribution in [0.3, 0.4) is 0 Å². The van der Waals surface area contributed by atoms with E-state index in [1.807, 2.05) is 6.92 Å². The summed E-state index contributed by atoms with van der Waals surface area (Å²) in [5.41, 5.74) is 0.277. The molecule has 0 saturated carbocycles. The lowest BCUT2D eigenvalue weighted by Gasteiger charge is -2.36. The van der Waals surface area contributed by atoms with Gasteiger partial charge in [0.1, 0.15) is 17.2 Å². The molecule has 2 aromatic carbocycles. The van der Waals surface area contributed by atoms with E-state index in [9.17, 15) is 18.4 Å². The van der Waals surface area contributed by atoms with Crippen molar-refractivity contribution in [2.45, 2.75) is 13.3 Å². The van der Waals surface area contributed by atoms with Gasteiger partial charge in [-0.1, -0.05) is 42.3 Å². The predicted octanol–water partition coefficient (Wildman–Crippen LogP) is 4.43. The second kappa shape index (κ2) is 9.09. The molecule has 4 nitrogen and oxygen atoms in total. The van der Waals surface area contributed by atoms with Gasteiger partial charge in [-0.25, -0.2) is 8.78 Å². The number of hydrogen-bond acceptors (Lipinski definition) is 2. The maximum absolute atomic E-state index is 13.9. The van der Waals surface area contributed by atoms with Crippen molar-refractivity contribution in [2.75, 3.05) is 26.2 Å². The van der Waals surface area contributed by atoms with Crippen LogP contribution in [-0.2, 0) is 11.2 Å². The van der Waals surface area contributed by atoms with E-state index < -0.39 is 23.1 Å². The zero-order valence-electron chi connectivity index (χ0n) is 15.8. The maximum Gasteiger partial charge on any atom is 0.259 e. The number of nitrogens with zero attached hydrogens (tertiary/aromatic N) is 2. The van der Waals surface area contributed by atoms with Gasteiger partial charge in [0.05, 0.1) is 0 Å². The molecule has 1 fully saturated rings. The molecule has 0 spiro atoms. The summed E-state index contributed by atoms with van der Waals surface area (Å²) < 4.78 is 27.7. The lowest BCUT2D eigenvalue weighted by molar-refractivity contribution is -0.136. The Balaban J connectivity index is 1.59. The molecule has 0 radical (unpaired) electrons. The fourth-order valence-electron chi connectivity index (χ4n) is 3.41. The van der Waals surface area contributed by atoms with Crippen molar-refractivity contribution in [3.05, 3.63) is 69.2 Å². The van der Waals surface area contributed by atoms with Crippen LogP contribution in [-0.4, -0.2) is 47.8 Å². The van der Waals surface area contributed by atoms with Crippen molar-refractivity contribution < 1.29 is 18.4 Å². The van der Waals surface area contributed by atoms with Crippen molar-refractivity contribution in [1.29, 1.82) is 0 Å². The SMILES string of the molecule is CC(Cc1ccc(Cl)cc1Cl)C(=O)N1CCN(C(=O)c2c(F)cccc2F)CC1. The zero-order valence-corrected chi connectivity index (χ0v) is 17.3. The van der Waals surface area contributed by atoms with Gasteiger partial charge in [-0.3, -0.25) is 9.59 Å². The molecule has 8 heteroatoms. The van der Waals surface area contributed by atoms with E-state index in [0.29, 0.717) is 29.6 Å². The average molecular weight is 441 g/mol. The van der Waals surface area contributed by atoms with Gasteiger partial charge in [-0.15, -0.1) is 0 Å². The van der Waals surface area contributed by atoms with Gasteiger partial charge in [0.15, 0.2) is 0 Å². The Morgan fingerprint density at radius 1 is 1.00 bits per heavy atom. The third-order valence-corrected chi connectivity index (χ3v) is 5.60. The first-order chi connectivity index (χ1) is 13.8. The summed E-state index contributed by atoms with van der Waals surface area (Å²) in [4.78, 5) is 28.3. The molecule has 1 unspecified atom stereocenters. The second-order valence-electron chi connectivity index (χ2n) is 7.06. The van der Waals surface area contributed by atoms with Crippen LogP contribution >= 0.6 is 23.2 Å². The molecule has 0 N–H and O–H groups in total. The number of rotatable bonds is 4. The fraction of sp³-hybridized carbons (Fsp3) is 0.333. The summed E-state index contributed by atoms with van der Waals surface area (Å²) in [5, 5.41) is 1.05. The molecule has 1 saturated heterocycles. The van der Waals surface area contributed by atoms with Crippen LogP contribution in [0.2, 0.25) is 10.0 Å². The lowest BCUT2D eigenvalue weighted by Crippen LogP contribution is -2.52. The van der Waals surface area contributed by atoms with Crippen molar-refractivity contribution in [2.24, 2.45) is 5.92 Å². The summed E-state index contributed by atoms with van der Waals surface area (Å²) in [6.07, 6.45) is 0.467. The molecule has 2 aromatic rings. The Bertz CT molecular complexity index is 911. The van der Waals surface area contributed by atoms with E-state index in [0.717, 1.165) is 17.7 Å². The molecule has 1 atom stereocenters. The smallest absolute Gasteiger partial charge is 0.259 e. The number of benzene rings is 2. The van der Waals surface area contributed by atoms with Crippen LogP contribution in [0, 0.1) is 17.6 Å². The number of carbonyl (C=O) groups is 2. The van der Waals surface area contributed by atoms with Crippen LogP contribution < -0.4 is 0 Å². The molecule has 1 heterocycles. The Morgan fingerprint density at radius 2 is 1.59 bits per heavy atom. The monoisotopic (exact) mass is 440 g/mol. The number of halogens is 4. The lowest BCUT2D eigenvalue weighted by atomic mass is 9.99. The number of piperazine rings is 1. The van der Waals surface area contributed by atoms with E-state index in [1.54, 1.807) is 23.1 Å². The fourth-order valence-corrected chi connectivity index (χ4v) is 3.89. The Hall–Kier alpha value is -2.18. The van der Waals surface area contributed by atoms with Crippen molar-refractivity contribution in [3.8, 4) is 0 Å². The van der Waals surface area contributed by atoms with Crippen LogP contribution in [0.5, 0.6) is 0 Å². The van der Waals surface area contributed by atoms with Gasteiger partial charge in [-0.2, -0.15) is 0 Å². The molecule has 1 aliphatic heterocycles. The van der Waals surface area contributed by atoms with Gasteiger partial charge < -0.3 is 9.80 Å². The first-order valence-corrected chi connectivity index (χ1v) is 9.99. The minimum absolute atomic E-state index is 0.0554. The minimum atomic E-state index is -0.887. The third kappa shape index (κ3) is 4.87. The van der Waals surface area contributed by atoms with Crippen molar-refractivity contribution >= 4 is 35.0 Å². The average Bonchev–Trinajstić information content (AvgIpc) is 2.69. The number of amides is 2. The van der Waals surface area contributed by atoms with Gasteiger partial charge in [0.2, 0.25) is 5.91 Å². The molecule has 1 aliphatic rings. The Kier molecular flexibility index (Phi) is 6.75. The normalized spacial score (nSPS) is 15.3. The largest absolute Gasteiger partial charge is 0.339 e. The summed E-state index contributed by atoms with van der Waals surface area (Å²) in [6.45, 7) is 2.86. The van der Waals surface area contributed by atoms with Crippen LogP contribution in [0.25, 0.3) is 0 Å². The summed E-state index contributed by atoms with van der Waals surface area (Å²) in [5.74, 6) is -2.84. The topological polar surface area (TPSA) is 40.6 Å². The highest BCUT2D eigenvalue weighted by molar-refractivity contribution is 6.35. The maximum atomic E-state index is 13.9. The molecule has 154 valence electrons. The quantitative estimate of drug-likeness (QED) is 0.705. The van der Waals surface area contributed by atoms with E-state index in [-0.39, 0.29) is 24.9 Å². The summed E-state index contributed by atoms with van der Waals surface area (Å²) in [7, 11) is 0. The molecule has 0 bridgehead atoms. The first kappa shape index (κ1) is 21.5. The third-order valence-electron chi connectivity index (χ3n) is 5.02. The van der Waals surface area contributed by atoms with Gasteiger partial charge in [0.25, 0.3) is 5.91 Å². The van der Waals surface area contributed by atoms with E-state index >= 15 is 0 Å². The Labute approximate surface area is 178 Å². The first-order valence-electron chi connectivity index (χ1n) is 9.24. The molecule has 3 rings (SSSR count). The van der Waals surface area contributed by atoms with Gasteiger partial charge in [0, 0.05) is 42.1 Å². The number of carbonyl (C=O) groups excluding carboxylic acids is 2. The highest BCUT2D eigenvalue weighted by atomic mass is 35.5. The van der Waals surface area contributed by atoms with Gasteiger partial charge >= 0.3 is 0 Å². The van der Waals surface area contributed by atoms with Crippen LogP contribution in [0.1, 0.15) is 22.8 Å². The van der Waals surface area contributed by atoms with Crippen LogP contribution in [0.15, 0.2) is 36.4 Å². The van der Waals surface area contributed by atoms with Gasteiger partial charge in [-0.05, 0) is 36.2 Å². The highest BCUT2D eigenvalue weighted by Gasteiger charge is 2.29. The molecule has 29 heavy (non-hydrogen) atoms. The minimum Gasteiger partial charge on any atom is -0.339 e. The predicted molar refractivity (Wildman–Crippen MR) is 108 cm³/mol. The van der Waals surface area contributed by atoms with Crippen molar-refractivity contribution in [1.82, 2.24) is 9.80 Å². The standard InChI is InChI=1S/C21H20Cl2F2N2O2/c1-13(11-14-5-6-15(22)12-16(14)23)20(28)26-7-9-27(10-8-26)21(29)19-17(24)3-2-4-18(19)25/h2-6,12-13H,7-11H2,1H3. The molecule has 0 aliphatic carbocycles. The van der Waals surface area contributed by atoms with E-state index in [1.165, 1.54) is 11.0 Å². The van der Waals surface area contributed by atoms with E-state index in [2.05, 4.69) is 0 Å². The van der Waals surface area contributed by atoms with E-state index in [4.69, 9.17) is 23.2 Å². The van der Waals surface area contributed by atoms with Crippen molar-refractivity contribution in [3.63, 3.8) is 0 Å². The Morgan fingerprint density at radius 3 is 2.17 bits per heavy atom. The summed E-state index contributed by atoms with van der Waals surface area (Å²) in [6, 6.07) is 8.49. The van der Waals surface area contributed by atoms with Crippen LogP contribution in [0.4, 0.5) is 8.78 Å². The molecule has 2 amide bonds. The molecule has 0 aromatic heterocycles. The zero-order chi connectivity index (χ0) is 21.1. The highest BCUT2D eigenvalue weighted by Crippen LogP contribution is 2.24. The number of hydrogen-bond donors (Lipinski definition) is 0. The second-order valence-corrected chi connectivity index (χ2v) is 7.90.